The second kappa shape index (κ2) is 6.32. The summed E-state index contributed by atoms with van der Waals surface area (Å²) in [6.07, 6.45) is 3.30. The number of aryl methyl sites for hydroxylation is 1. The fourth-order valence-corrected chi connectivity index (χ4v) is 4.39. The molecule has 0 N–H and O–H groups in total. The average Bonchev–Trinajstić information content (AvgIpc) is 3.30. The minimum atomic E-state index is -3.63. The first-order valence-corrected chi connectivity index (χ1v) is 9.55. The molecule has 1 aromatic heterocycles. The normalized spacial score (nSPS) is 20.8. The molecular formula is C16H19N3O5S. The summed E-state index contributed by atoms with van der Waals surface area (Å²) in [7, 11) is -3.63. The molecule has 0 unspecified atom stereocenters. The monoisotopic (exact) mass is 365 g/mol. The Balaban J connectivity index is 1.57. The van der Waals surface area contributed by atoms with Crippen LogP contribution in [-0.4, -0.2) is 49.0 Å². The van der Waals surface area contributed by atoms with Crippen LogP contribution in [0.25, 0.3) is 0 Å². The van der Waals surface area contributed by atoms with E-state index < -0.39 is 10.0 Å². The van der Waals surface area contributed by atoms with E-state index in [1.165, 1.54) is 10.4 Å². The Morgan fingerprint density at radius 1 is 1.28 bits per heavy atom. The van der Waals surface area contributed by atoms with Gasteiger partial charge in [0.15, 0.2) is 11.5 Å². The van der Waals surface area contributed by atoms with Crippen molar-refractivity contribution >= 4 is 10.0 Å². The molecule has 0 spiro atoms. The van der Waals surface area contributed by atoms with Crippen LogP contribution in [0.3, 0.4) is 0 Å². The van der Waals surface area contributed by atoms with E-state index in [4.69, 9.17) is 14.2 Å². The second-order valence-electron chi connectivity index (χ2n) is 5.87. The molecule has 1 saturated heterocycles. The molecule has 0 saturated carbocycles. The van der Waals surface area contributed by atoms with Crippen molar-refractivity contribution < 1.29 is 22.6 Å². The molecule has 9 heteroatoms. The van der Waals surface area contributed by atoms with Gasteiger partial charge in [-0.05, 0) is 19.1 Å². The van der Waals surface area contributed by atoms with Gasteiger partial charge in [-0.2, -0.15) is 9.40 Å². The summed E-state index contributed by atoms with van der Waals surface area (Å²) in [5.41, 5.74) is 0.882. The van der Waals surface area contributed by atoms with E-state index in [9.17, 15) is 8.42 Å². The quantitative estimate of drug-likeness (QED) is 0.814. The lowest BCUT2D eigenvalue weighted by molar-refractivity contribution is -0.00260. The molecule has 134 valence electrons. The van der Waals surface area contributed by atoms with E-state index >= 15 is 0 Å². The highest BCUT2D eigenvalue weighted by Gasteiger charge is 2.33. The number of ether oxygens (including phenoxy) is 3. The molecule has 0 bridgehead atoms. The van der Waals surface area contributed by atoms with E-state index in [2.05, 4.69) is 5.10 Å². The van der Waals surface area contributed by atoms with Gasteiger partial charge in [-0.1, -0.05) is 0 Å². The van der Waals surface area contributed by atoms with Crippen LogP contribution in [0.2, 0.25) is 0 Å². The Kier molecular flexibility index (Phi) is 4.14. The van der Waals surface area contributed by atoms with Crippen molar-refractivity contribution in [1.82, 2.24) is 14.1 Å². The molecule has 8 nitrogen and oxygen atoms in total. The van der Waals surface area contributed by atoms with E-state index in [0.29, 0.717) is 24.7 Å². The number of nitrogens with zero attached hydrogens (tertiary/aromatic N) is 3. The van der Waals surface area contributed by atoms with Crippen molar-refractivity contribution in [3.63, 3.8) is 0 Å². The van der Waals surface area contributed by atoms with Crippen LogP contribution < -0.4 is 9.47 Å². The Morgan fingerprint density at radius 3 is 2.92 bits per heavy atom. The average molecular weight is 365 g/mol. The molecule has 1 aromatic carbocycles. The van der Waals surface area contributed by atoms with Crippen LogP contribution in [0.5, 0.6) is 11.5 Å². The van der Waals surface area contributed by atoms with Crippen molar-refractivity contribution in [2.75, 3.05) is 26.5 Å². The maximum atomic E-state index is 13.0. The topological polar surface area (TPSA) is 82.9 Å². The van der Waals surface area contributed by atoms with Crippen molar-refractivity contribution in [2.45, 2.75) is 24.5 Å². The summed E-state index contributed by atoms with van der Waals surface area (Å²) >= 11 is 0. The number of aromatic nitrogens is 2. The molecule has 2 aliphatic rings. The van der Waals surface area contributed by atoms with Gasteiger partial charge < -0.3 is 14.2 Å². The molecule has 3 heterocycles. The summed E-state index contributed by atoms with van der Waals surface area (Å²) < 4.78 is 45.5. The summed E-state index contributed by atoms with van der Waals surface area (Å²) in [4.78, 5) is 0.196. The molecular weight excluding hydrogens is 346 g/mol. The summed E-state index contributed by atoms with van der Waals surface area (Å²) in [6.45, 7) is 3.77. The summed E-state index contributed by atoms with van der Waals surface area (Å²) in [5, 5.41) is 4.23. The highest BCUT2D eigenvalue weighted by molar-refractivity contribution is 7.89. The second-order valence-corrected chi connectivity index (χ2v) is 7.80. The van der Waals surface area contributed by atoms with Crippen molar-refractivity contribution in [1.29, 1.82) is 0 Å². The first-order valence-electron chi connectivity index (χ1n) is 8.11. The van der Waals surface area contributed by atoms with Crippen LogP contribution in [-0.2, 0) is 21.3 Å². The van der Waals surface area contributed by atoms with Gasteiger partial charge >= 0.3 is 0 Å². The molecule has 0 amide bonds. The third-order valence-electron chi connectivity index (χ3n) is 4.36. The first-order chi connectivity index (χ1) is 12.1. The number of fused-ring (bicyclic) bond motifs is 1. The molecule has 2 aliphatic heterocycles. The molecule has 0 radical (unpaired) electrons. The van der Waals surface area contributed by atoms with Gasteiger partial charge in [-0.3, -0.25) is 4.68 Å². The summed E-state index contributed by atoms with van der Waals surface area (Å²) in [6, 6.07) is 4.68. The maximum absolute atomic E-state index is 13.0. The minimum absolute atomic E-state index is 0.111. The first kappa shape index (κ1) is 16.4. The van der Waals surface area contributed by atoms with Crippen molar-refractivity contribution in [3.8, 4) is 11.5 Å². The SMILES string of the molecule is CCn1cc([C@@H]2CN(S(=O)(=O)c3ccc4c(c3)OCO4)CCO2)cn1. The molecule has 1 atom stereocenters. The zero-order valence-electron chi connectivity index (χ0n) is 13.8. The fraction of sp³-hybridized carbons (Fsp3) is 0.438. The zero-order chi connectivity index (χ0) is 17.4. The minimum Gasteiger partial charge on any atom is -0.454 e. The lowest BCUT2D eigenvalue weighted by Crippen LogP contribution is -2.42. The highest BCUT2D eigenvalue weighted by Crippen LogP contribution is 2.35. The van der Waals surface area contributed by atoms with Crippen LogP contribution in [0.1, 0.15) is 18.6 Å². The fourth-order valence-electron chi connectivity index (χ4n) is 2.95. The largest absolute Gasteiger partial charge is 0.454 e. The number of sulfonamides is 1. The Bertz CT molecular complexity index is 880. The zero-order valence-corrected chi connectivity index (χ0v) is 14.6. The van der Waals surface area contributed by atoms with Crippen LogP contribution in [0.4, 0.5) is 0 Å². The molecule has 1 fully saturated rings. The van der Waals surface area contributed by atoms with E-state index in [1.807, 2.05) is 13.1 Å². The number of benzene rings is 1. The van der Waals surface area contributed by atoms with E-state index in [0.717, 1.165) is 12.1 Å². The van der Waals surface area contributed by atoms with Crippen LogP contribution in [0.15, 0.2) is 35.5 Å². The predicted molar refractivity (Wildman–Crippen MR) is 87.9 cm³/mol. The van der Waals surface area contributed by atoms with Gasteiger partial charge in [0.2, 0.25) is 16.8 Å². The molecule has 4 rings (SSSR count). The van der Waals surface area contributed by atoms with Gasteiger partial charge in [0.05, 0.1) is 23.8 Å². The van der Waals surface area contributed by atoms with Crippen molar-refractivity contribution in [3.05, 3.63) is 36.2 Å². The smallest absolute Gasteiger partial charge is 0.243 e. The van der Waals surface area contributed by atoms with E-state index in [1.54, 1.807) is 23.0 Å². The lowest BCUT2D eigenvalue weighted by Gasteiger charge is -2.31. The predicted octanol–water partition coefficient (Wildman–Crippen LogP) is 1.39. The van der Waals surface area contributed by atoms with Crippen LogP contribution >= 0.6 is 0 Å². The number of hydrogen-bond donors (Lipinski definition) is 0. The third kappa shape index (κ3) is 2.99. The van der Waals surface area contributed by atoms with Gasteiger partial charge in [-0.25, -0.2) is 8.42 Å². The third-order valence-corrected chi connectivity index (χ3v) is 6.22. The number of morpholine rings is 1. The van der Waals surface area contributed by atoms with Crippen molar-refractivity contribution in [2.24, 2.45) is 0 Å². The Labute approximate surface area is 145 Å². The van der Waals surface area contributed by atoms with E-state index in [-0.39, 0.29) is 24.3 Å². The standard InChI is InChI=1S/C16H19N3O5S/c1-2-18-9-12(8-17-18)16-10-19(5-6-22-16)25(20,21)13-3-4-14-15(7-13)24-11-23-14/h3-4,7-9,16H,2,5-6,10-11H2,1H3/t16-/m0/s1. The molecule has 2 aromatic rings. The Morgan fingerprint density at radius 2 is 2.12 bits per heavy atom. The Hall–Kier alpha value is -2.10. The summed E-state index contributed by atoms with van der Waals surface area (Å²) in [5.74, 6) is 1.01. The number of rotatable bonds is 4. The molecule has 25 heavy (non-hydrogen) atoms. The molecule has 0 aliphatic carbocycles. The lowest BCUT2D eigenvalue weighted by atomic mass is 10.2. The van der Waals surface area contributed by atoms with Gasteiger partial charge in [0.25, 0.3) is 0 Å². The number of hydrogen-bond acceptors (Lipinski definition) is 6. The highest BCUT2D eigenvalue weighted by atomic mass is 32.2. The van der Waals surface area contributed by atoms with Gasteiger partial charge in [-0.15, -0.1) is 0 Å². The van der Waals surface area contributed by atoms with Crippen LogP contribution in [0, 0.1) is 0 Å². The van der Waals surface area contributed by atoms with Gasteiger partial charge in [0.1, 0.15) is 0 Å². The van der Waals surface area contributed by atoms with Gasteiger partial charge in [0, 0.05) is 37.5 Å². The maximum Gasteiger partial charge on any atom is 0.243 e.